The van der Waals surface area contributed by atoms with Crippen LogP contribution in [-0.4, -0.2) is 38.9 Å². The first-order chi connectivity index (χ1) is 6.31. The molecular formula is C9H19NO3. The first-order valence-electron chi connectivity index (χ1n) is 4.75. The monoisotopic (exact) mass is 189 g/mol. The first kappa shape index (κ1) is 12.4. The third-order valence-corrected chi connectivity index (χ3v) is 1.44. The summed E-state index contributed by atoms with van der Waals surface area (Å²) in [7, 11) is 0. The predicted octanol–water partition coefficient (Wildman–Crippen LogP) is 0.566. The molecule has 1 aliphatic rings. The Morgan fingerprint density at radius 3 is 2.15 bits per heavy atom. The summed E-state index contributed by atoms with van der Waals surface area (Å²) >= 11 is 0. The molecule has 1 N–H and O–H groups in total. The SMILES string of the molecule is C1COCCN1.CCOC(=O)CC. The van der Waals surface area contributed by atoms with Crippen molar-refractivity contribution in [2.75, 3.05) is 32.9 Å². The number of nitrogens with one attached hydrogen (secondary N) is 1. The van der Waals surface area contributed by atoms with Gasteiger partial charge in [0, 0.05) is 19.5 Å². The number of carbonyl (C=O) groups excluding carboxylic acids is 1. The van der Waals surface area contributed by atoms with Gasteiger partial charge in [-0.15, -0.1) is 0 Å². The van der Waals surface area contributed by atoms with E-state index >= 15 is 0 Å². The molecular weight excluding hydrogens is 170 g/mol. The summed E-state index contributed by atoms with van der Waals surface area (Å²) in [5.74, 6) is -0.123. The predicted molar refractivity (Wildman–Crippen MR) is 50.6 cm³/mol. The summed E-state index contributed by atoms with van der Waals surface area (Å²) in [6, 6.07) is 0. The Hall–Kier alpha value is -0.610. The van der Waals surface area contributed by atoms with Gasteiger partial charge in [-0.1, -0.05) is 6.92 Å². The zero-order valence-electron chi connectivity index (χ0n) is 8.47. The summed E-state index contributed by atoms with van der Waals surface area (Å²) in [6.07, 6.45) is 0.480. The second-order valence-corrected chi connectivity index (χ2v) is 2.52. The number of esters is 1. The number of morpholine rings is 1. The van der Waals surface area contributed by atoms with Crippen molar-refractivity contribution in [3.8, 4) is 0 Å². The van der Waals surface area contributed by atoms with E-state index in [-0.39, 0.29) is 5.97 Å². The van der Waals surface area contributed by atoms with E-state index in [1.54, 1.807) is 13.8 Å². The van der Waals surface area contributed by atoms with Gasteiger partial charge < -0.3 is 14.8 Å². The fraction of sp³-hybridized carbons (Fsp3) is 0.889. The van der Waals surface area contributed by atoms with Gasteiger partial charge in [0.25, 0.3) is 0 Å². The van der Waals surface area contributed by atoms with E-state index in [9.17, 15) is 4.79 Å². The molecule has 0 unspecified atom stereocenters. The van der Waals surface area contributed by atoms with E-state index in [4.69, 9.17) is 4.74 Å². The highest BCUT2D eigenvalue weighted by Gasteiger charge is 1.93. The zero-order chi connectivity index (χ0) is 9.94. The van der Waals surface area contributed by atoms with Gasteiger partial charge in [0.2, 0.25) is 0 Å². The Morgan fingerprint density at radius 2 is 2.00 bits per heavy atom. The van der Waals surface area contributed by atoms with Crippen LogP contribution in [-0.2, 0) is 14.3 Å². The van der Waals surface area contributed by atoms with Gasteiger partial charge in [-0.3, -0.25) is 4.79 Å². The average molecular weight is 189 g/mol. The van der Waals surface area contributed by atoms with Crippen LogP contribution in [0.4, 0.5) is 0 Å². The lowest BCUT2D eigenvalue weighted by Crippen LogP contribution is -2.30. The fourth-order valence-corrected chi connectivity index (χ4v) is 0.779. The normalized spacial score (nSPS) is 15.5. The van der Waals surface area contributed by atoms with Gasteiger partial charge in [0.05, 0.1) is 19.8 Å². The molecule has 78 valence electrons. The molecule has 0 aliphatic carbocycles. The Bertz CT molecular complexity index is 113. The standard InChI is InChI=1S/C5H10O2.C4H9NO/c1-3-5(6)7-4-2;1-3-6-4-2-5-1/h3-4H2,1-2H3;5H,1-4H2. The van der Waals surface area contributed by atoms with Crippen LogP contribution in [0.3, 0.4) is 0 Å². The summed E-state index contributed by atoms with van der Waals surface area (Å²) in [4.78, 5) is 10.2. The maximum Gasteiger partial charge on any atom is 0.305 e. The molecule has 4 heteroatoms. The second-order valence-electron chi connectivity index (χ2n) is 2.52. The molecule has 1 heterocycles. The molecule has 0 atom stereocenters. The minimum Gasteiger partial charge on any atom is -0.466 e. The number of carbonyl (C=O) groups is 1. The van der Waals surface area contributed by atoms with Crippen molar-refractivity contribution in [3.63, 3.8) is 0 Å². The van der Waals surface area contributed by atoms with Gasteiger partial charge in [-0.05, 0) is 6.92 Å². The van der Waals surface area contributed by atoms with E-state index in [2.05, 4.69) is 10.1 Å². The molecule has 4 nitrogen and oxygen atoms in total. The van der Waals surface area contributed by atoms with Gasteiger partial charge in [0.1, 0.15) is 0 Å². The van der Waals surface area contributed by atoms with E-state index in [1.165, 1.54) is 0 Å². The highest BCUT2D eigenvalue weighted by Crippen LogP contribution is 1.80. The lowest BCUT2D eigenvalue weighted by Gasteiger charge is -2.10. The third-order valence-electron chi connectivity index (χ3n) is 1.44. The molecule has 0 aromatic carbocycles. The quantitative estimate of drug-likeness (QED) is 0.645. The molecule has 0 radical (unpaired) electrons. The van der Waals surface area contributed by atoms with E-state index < -0.39 is 0 Å². The van der Waals surface area contributed by atoms with E-state index in [1.807, 2.05) is 0 Å². The zero-order valence-corrected chi connectivity index (χ0v) is 8.47. The van der Waals surface area contributed by atoms with Gasteiger partial charge >= 0.3 is 5.97 Å². The Labute approximate surface area is 79.6 Å². The minimum atomic E-state index is -0.123. The number of rotatable bonds is 2. The number of hydrogen-bond acceptors (Lipinski definition) is 4. The van der Waals surface area contributed by atoms with Crippen LogP contribution in [0.1, 0.15) is 20.3 Å². The highest BCUT2D eigenvalue weighted by molar-refractivity contribution is 5.68. The smallest absolute Gasteiger partial charge is 0.305 e. The lowest BCUT2D eigenvalue weighted by atomic mass is 10.5. The Balaban J connectivity index is 0.000000223. The number of hydrogen-bond donors (Lipinski definition) is 1. The summed E-state index contributed by atoms with van der Waals surface area (Å²) in [5.41, 5.74) is 0. The van der Waals surface area contributed by atoms with E-state index in [0.717, 1.165) is 26.3 Å². The molecule has 1 rings (SSSR count). The van der Waals surface area contributed by atoms with Gasteiger partial charge in [0.15, 0.2) is 0 Å². The summed E-state index contributed by atoms with van der Waals surface area (Å²) < 4.78 is 9.56. The molecule has 0 saturated carbocycles. The van der Waals surface area contributed by atoms with Crippen LogP contribution >= 0.6 is 0 Å². The van der Waals surface area contributed by atoms with Crippen LogP contribution in [0.15, 0.2) is 0 Å². The molecule has 0 aromatic rings. The van der Waals surface area contributed by atoms with Crippen molar-refractivity contribution in [1.29, 1.82) is 0 Å². The molecule has 0 amide bonds. The molecule has 0 bridgehead atoms. The van der Waals surface area contributed by atoms with Crippen LogP contribution in [0.5, 0.6) is 0 Å². The van der Waals surface area contributed by atoms with Gasteiger partial charge in [-0.2, -0.15) is 0 Å². The molecule has 0 aromatic heterocycles. The third kappa shape index (κ3) is 9.30. The molecule has 13 heavy (non-hydrogen) atoms. The highest BCUT2D eigenvalue weighted by atomic mass is 16.5. The average Bonchev–Trinajstić information content (AvgIpc) is 2.22. The van der Waals surface area contributed by atoms with Crippen LogP contribution in [0.25, 0.3) is 0 Å². The summed E-state index contributed by atoms with van der Waals surface area (Å²) in [6.45, 7) is 7.90. The van der Waals surface area contributed by atoms with Crippen LogP contribution < -0.4 is 5.32 Å². The topological polar surface area (TPSA) is 47.6 Å². The molecule has 0 spiro atoms. The number of ether oxygens (including phenoxy) is 2. The molecule has 1 saturated heterocycles. The second kappa shape index (κ2) is 9.48. The fourth-order valence-electron chi connectivity index (χ4n) is 0.779. The first-order valence-corrected chi connectivity index (χ1v) is 4.75. The van der Waals surface area contributed by atoms with Gasteiger partial charge in [-0.25, -0.2) is 0 Å². The van der Waals surface area contributed by atoms with Crippen molar-refractivity contribution in [2.45, 2.75) is 20.3 Å². The maximum atomic E-state index is 10.2. The molecule has 1 aliphatic heterocycles. The van der Waals surface area contributed by atoms with Crippen molar-refractivity contribution < 1.29 is 14.3 Å². The molecule has 1 fully saturated rings. The van der Waals surface area contributed by atoms with Crippen molar-refractivity contribution in [2.24, 2.45) is 0 Å². The Morgan fingerprint density at radius 1 is 1.38 bits per heavy atom. The van der Waals surface area contributed by atoms with Crippen molar-refractivity contribution >= 4 is 5.97 Å². The maximum absolute atomic E-state index is 10.2. The largest absolute Gasteiger partial charge is 0.466 e. The van der Waals surface area contributed by atoms with E-state index in [0.29, 0.717) is 13.0 Å². The summed E-state index contributed by atoms with van der Waals surface area (Å²) in [5, 5.41) is 3.16. The van der Waals surface area contributed by atoms with Crippen molar-refractivity contribution in [3.05, 3.63) is 0 Å². The van der Waals surface area contributed by atoms with Crippen molar-refractivity contribution in [1.82, 2.24) is 5.32 Å². The van der Waals surface area contributed by atoms with Crippen LogP contribution in [0, 0.1) is 0 Å². The Kier molecular flexibility index (Phi) is 9.03. The van der Waals surface area contributed by atoms with Crippen LogP contribution in [0.2, 0.25) is 0 Å². The minimum absolute atomic E-state index is 0.123. The lowest BCUT2D eigenvalue weighted by molar-refractivity contribution is -0.142.